The average Bonchev–Trinajstić information content (AvgIpc) is 2.83. The van der Waals surface area contributed by atoms with E-state index in [1.807, 2.05) is 0 Å². The number of carbonyl (C=O) groups is 3. The van der Waals surface area contributed by atoms with Gasteiger partial charge in [-0.15, -0.1) is 0 Å². The molecule has 21 heavy (non-hydrogen) atoms. The summed E-state index contributed by atoms with van der Waals surface area (Å²) in [5, 5.41) is 2.49. The van der Waals surface area contributed by atoms with E-state index in [9.17, 15) is 14.4 Å². The Kier molecular flexibility index (Phi) is 5.57. The van der Waals surface area contributed by atoms with Gasteiger partial charge in [-0.1, -0.05) is 0 Å². The second kappa shape index (κ2) is 6.78. The van der Waals surface area contributed by atoms with Gasteiger partial charge in [0.05, 0.1) is 7.11 Å². The third kappa shape index (κ3) is 4.91. The minimum atomic E-state index is -0.759. The molecule has 2 atom stereocenters. The monoisotopic (exact) mass is 300 g/mol. The van der Waals surface area contributed by atoms with Crippen molar-refractivity contribution in [2.24, 2.45) is 0 Å². The van der Waals surface area contributed by atoms with Crippen LogP contribution in [0, 0.1) is 0 Å². The van der Waals surface area contributed by atoms with Crippen molar-refractivity contribution in [2.45, 2.75) is 58.2 Å². The van der Waals surface area contributed by atoms with Crippen LogP contribution in [0.2, 0.25) is 0 Å². The summed E-state index contributed by atoms with van der Waals surface area (Å²) in [7, 11) is 1.30. The molecule has 0 bridgehead atoms. The predicted octanol–water partition coefficient (Wildman–Crippen LogP) is 1.06. The second-order valence-electron chi connectivity index (χ2n) is 6.08. The van der Waals surface area contributed by atoms with Crippen LogP contribution in [0.5, 0.6) is 0 Å². The molecule has 7 nitrogen and oxygen atoms in total. The fraction of sp³-hybridized carbons (Fsp3) is 0.786. The number of nitrogens with zero attached hydrogens (tertiary/aromatic N) is 1. The zero-order valence-corrected chi connectivity index (χ0v) is 13.3. The molecule has 2 amide bonds. The van der Waals surface area contributed by atoms with E-state index in [2.05, 4.69) is 5.32 Å². The first-order valence-corrected chi connectivity index (χ1v) is 7.03. The van der Waals surface area contributed by atoms with Crippen molar-refractivity contribution in [3.05, 3.63) is 0 Å². The topological polar surface area (TPSA) is 84.9 Å². The van der Waals surface area contributed by atoms with Gasteiger partial charge in [-0.3, -0.25) is 4.79 Å². The molecule has 0 aliphatic carbocycles. The molecular formula is C14H24N2O5. The summed E-state index contributed by atoms with van der Waals surface area (Å²) >= 11 is 0. The molecule has 1 fully saturated rings. The lowest BCUT2D eigenvalue weighted by molar-refractivity contribution is -0.151. The van der Waals surface area contributed by atoms with Crippen molar-refractivity contribution < 1.29 is 23.9 Å². The Morgan fingerprint density at radius 2 is 1.90 bits per heavy atom. The highest BCUT2D eigenvalue weighted by atomic mass is 16.6. The molecule has 0 aromatic carbocycles. The number of methoxy groups -OCH3 is 1. The summed E-state index contributed by atoms with van der Waals surface area (Å²) in [6, 6.07) is -1.32. The Balaban J connectivity index is 2.61. The maximum atomic E-state index is 12.3. The van der Waals surface area contributed by atoms with E-state index in [-0.39, 0.29) is 5.91 Å². The lowest BCUT2D eigenvalue weighted by Crippen LogP contribution is -2.51. The molecule has 7 heteroatoms. The Hall–Kier alpha value is -1.79. The van der Waals surface area contributed by atoms with Crippen LogP contribution in [0.25, 0.3) is 0 Å². The van der Waals surface area contributed by atoms with Crippen LogP contribution in [-0.4, -0.2) is 54.2 Å². The maximum absolute atomic E-state index is 12.3. The van der Waals surface area contributed by atoms with Crippen LogP contribution in [0.1, 0.15) is 40.5 Å². The summed E-state index contributed by atoms with van der Waals surface area (Å²) in [5.74, 6) is -0.737. The molecule has 0 aromatic rings. The van der Waals surface area contributed by atoms with Gasteiger partial charge in [-0.25, -0.2) is 9.59 Å². The molecule has 1 heterocycles. The van der Waals surface area contributed by atoms with Crippen molar-refractivity contribution in [1.29, 1.82) is 0 Å². The van der Waals surface area contributed by atoms with Crippen molar-refractivity contribution in [2.75, 3.05) is 13.7 Å². The zero-order valence-electron chi connectivity index (χ0n) is 13.3. The number of amides is 2. The van der Waals surface area contributed by atoms with Gasteiger partial charge in [0.15, 0.2) is 0 Å². The van der Waals surface area contributed by atoms with E-state index in [1.165, 1.54) is 12.0 Å². The smallest absolute Gasteiger partial charge is 0.408 e. The zero-order chi connectivity index (χ0) is 16.2. The molecule has 0 spiro atoms. The first-order chi connectivity index (χ1) is 9.65. The Morgan fingerprint density at radius 3 is 2.43 bits per heavy atom. The number of rotatable bonds is 3. The van der Waals surface area contributed by atoms with Gasteiger partial charge < -0.3 is 19.7 Å². The summed E-state index contributed by atoms with van der Waals surface area (Å²) in [6.45, 7) is 7.28. The van der Waals surface area contributed by atoms with Crippen LogP contribution in [-0.2, 0) is 19.1 Å². The first kappa shape index (κ1) is 17.3. The van der Waals surface area contributed by atoms with Gasteiger partial charge in [0.2, 0.25) is 5.91 Å². The molecular weight excluding hydrogens is 276 g/mol. The Bertz CT molecular complexity index is 416. The SMILES string of the molecule is COC(=O)C1CCCN1C(=O)C(C)NC(=O)OC(C)(C)C. The Morgan fingerprint density at radius 1 is 1.29 bits per heavy atom. The number of carbonyl (C=O) groups excluding carboxylic acids is 3. The molecule has 1 aliphatic rings. The normalized spacial score (nSPS) is 19.9. The number of hydrogen-bond donors (Lipinski definition) is 1. The van der Waals surface area contributed by atoms with Crippen LogP contribution in [0.3, 0.4) is 0 Å². The van der Waals surface area contributed by atoms with E-state index in [0.29, 0.717) is 13.0 Å². The van der Waals surface area contributed by atoms with Crippen molar-refractivity contribution in [1.82, 2.24) is 10.2 Å². The minimum Gasteiger partial charge on any atom is -0.467 e. The van der Waals surface area contributed by atoms with Crippen LogP contribution in [0.15, 0.2) is 0 Å². The summed E-state index contributed by atoms with van der Waals surface area (Å²) < 4.78 is 9.80. The number of likely N-dealkylation sites (tertiary alicyclic amines) is 1. The second-order valence-corrected chi connectivity index (χ2v) is 6.08. The van der Waals surface area contributed by atoms with E-state index in [4.69, 9.17) is 9.47 Å². The summed E-state index contributed by atoms with van der Waals surface area (Å²) in [4.78, 5) is 37.1. The molecule has 1 aliphatic heterocycles. The average molecular weight is 300 g/mol. The standard InChI is InChI=1S/C14H24N2O5/c1-9(15-13(19)21-14(2,3)4)11(17)16-8-6-7-10(16)12(18)20-5/h9-10H,6-8H2,1-5H3,(H,15,19). The molecule has 0 radical (unpaired) electrons. The minimum absolute atomic E-state index is 0.311. The van der Waals surface area contributed by atoms with E-state index in [0.717, 1.165) is 6.42 Å². The predicted molar refractivity (Wildman–Crippen MR) is 75.6 cm³/mol. The molecule has 0 saturated carbocycles. The van der Waals surface area contributed by atoms with E-state index >= 15 is 0 Å². The molecule has 0 aromatic heterocycles. The van der Waals surface area contributed by atoms with E-state index in [1.54, 1.807) is 27.7 Å². The largest absolute Gasteiger partial charge is 0.467 e. The third-order valence-electron chi connectivity index (χ3n) is 3.11. The van der Waals surface area contributed by atoms with Gasteiger partial charge >= 0.3 is 12.1 Å². The number of nitrogens with one attached hydrogen (secondary N) is 1. The lowest BCUT2D eigenvalue weighted by Gasteiger charge is -2.27. The number of esters is 1. The van der Waals surface area contributed by atoms with Crippen molar-refractivity contribution >= 4 is 18.0 Å². The highest BCUT2D eigenvalue weighted by molar-refractivity contribution is 5.89. The maximum Gasteiger partial charge on any atom is 0.408 e. The van der Waals surface area contributed by atoms with Crippen molar-refractivity contribution in [3.8, 4) is 0 Å². The fourth-order valence-corrected chi connectivity index (χ4v) is 2.21. The van der Waals surface area contributed by atoms with E-state index < -0.39 is 29.7 Å². The molecule has 120 valence electrons. The van der Waals surface area contributed by atoms with Crippen molar-refractivity contribution in [3.63, 3.8) is 0 Å². The van der Waals surface area contributed by atoms with Gasteiger partial charge in [0.1, 0.15) is 17.7 Å². The van der Waals surface area contributed by atoms with Gasteiger partial charge in [0.25, 0.3) is 0 Å². The summed E-state index contributed by atoms with van der Waals surface area (Å²) in [5.41, 5.74) is -0.630. The molecule has 2 unspecified atom stereocenters. The summed E-state index contributed by atoms with van der Waals surface area (Å²) in [6.07, 6.45) is 0.666. The van der Waals surface area contributed by atoms with Crippen LogP contribution >= 0.6 is 0 Å². The third-order valence-corrected chi connectivity index (χ3v) is 3.11. The Labute approximate surface area is 124 Å². The number of hydrogen-bond acceptors (Lipinski definition) is 5. The van der Waals surface area contributed by atoms with Gasteiger partial charge in [0, 0.05) is 6.54 Å². The molecule has 1 rings (SSSR count). The molecule has 1 N–H and O–H groups in total. The highest BCUT2D eigenvalue weighted by Gasteiger charge is 2.37. The molecule has 1 saturated heterocycles. The van der Waals surface area contributed by atoms with Gasteiger partial charge in [-0.2, -0.15) is 0 Å². The lowest BCUT2D eigenvalue weighted by atomic mass is 10.2. The highest BCUT2D eigenvalue weighted by Crippen LogP contribution is 2.19. The quantitative estimate of drug-likeness (QED) is 0.788. The van der Waals surface area contributed by atoms with Crippen LogP contribution in [0.4, 0.5) is 4.79 Å². The van der Waals surface area contributed by atoms with Gasteiger partial charge in [-0.05, 0) is 40.5 Å². The number of ether oxygens (including phenoxy) is 2. The number of alkyl carbamates (subject to hydrolysis) is 1. The van der Waals surface area contributed by atoms with Crippen LogP contribution < -0.4 is 5.32 Å². The first-order valence-electron chi connectivity index (χ1n) is 7.03. The fourth-order valence-electron chi connectivity index (χ4n) is 2.21.